The molecule has 0 heterocycles. The van der Waals surface area contributed by atoms with Crippen LogP contribution in [0, 0.1) is 10.1 Å². The van der Waals surface area contributed by atoms with Crippen LogP contribution in [0.2, 0.25) is 0 Å². The average Bonchev–Trinajstić information content (AvgIpc) is 2.30. The second-order valence-electron chi connectivity index (χ2n) is 3.74. The molecule has 0 saturated carbocycles. The van der Waals surface area contributed by atoms with E-state index in [2.05, 4.69) is 0 Å². The van der Waals surface area contributed by atoms with Gasteiger partial charge in [0, 0.05) is 12.5 Å². The predicted octanol–water partition coefficient (Wildman–Crippen LogP) is 2.40. The van der Waals surface area contributed by atoms with E-state index in [-0.39, 0.29) is 17.9 Å². The van der Waals surface area contributed by atoms with Gasteiger partial charge in [0.05, 0.1) is 11.5 Å². The molecule has 0 fully saturated rings. The van der Waals surface area contributed by atoms with Crippen LogP contribution in [-0.2, 0) is 11.2 Å². The molecule has 0 atom stereocenters. The molecule has 0 unspecified atom stereocenters. The fraction of sp³-hybridized carbons (Fsp3) is 0.417. The van der Waals surface area contributed by atoms with E-state index in [1.165, 1.54) is 6.07 Å². The van der Waals surface area contributed by atoms with Gasteiger partial charge in [-0.2, -0.15) is 0 Å². The van der Waals surface area contributed by atoms with Crippen molar-refractivity contribution in [2.45, 2.75) is 26.2 Å². The molecule has 6 nitrogen and oxygen atoms in total. The third kappa shape index (κ3) is 4.04. The second kappa shape index (κ2) is 6.58. The Morgan fingerprint density at radius 3 is 2.78 bits per heavy atom. The molecular weight excluding hydrogens is 238 g/mol. The maximum Gasteiger partial charge on any atom is 0.311 e. The van der Waals surface area contributed by atoms with Crippen LogP contribution in [0.5, 0.6) is 5.75 Å². The molecular formula is C12H15NO5. The molecule has 0 bridgehead atoms. The molecule has 0 radical (unpaired) electrons. The second-order valence-corrected chi connectivity index (χ2v) is 3.74. The number of hydrogen-bond acceptors (Lipinski definition) is 4. The number of aryl methyl sites for hydroxylation is 1. The fourth-order valence-electron chi connectivity index (χ4n) is 1.58. The molecule has 0 aliphatic heterocycles. The first-order chi connectivity index (χ1) is 8.54. The Hall–Kier alpha value is -2.11. The first-order valence-electron chi connectivity index (χ1n) is 5.66. The molecule has 0 amide bonds. The largest absolute Gasteiger partial charge is 0.487 e. The molecule has 18 heavy (non-hydrogen) atoms. The van der Waals surface area contributed by atoms with E-state index >= 15 is 0 Å². The van der Waals surface area contributed by atoms with Crippen molar-refractivity contribution in [3.05, 3.63) is 33.9 Å². The summed E-state index contributed by atoms with van der Waals surface area (Å²) in [7, 11) is 0. The van der Waals surface area contributed by atoms with Crippen molar-refractivity contribution in [2.75, 3.05) is 6.61 Å². The summed E-state index contributed by atoms with van der Waals surface area (Å²) >= 11 is 0. The van der Waals surface area contributed by atoms with Crippen LogP contribution in [0.4, 0.5) is 5.69 Å². The zero-order valence-electron chi connectivity index (χ0n) is 10.1. The first kappa shape index (κ1) is 14.0. The number of nitro groups is 1. The van der Waals surface area contributed by atoms with Gasteiger partial charge in [-0.25, -0.2) is 0 Å². The topological polar surface area (TPSA) is 89.7 Å². The van der Waals surface area contributed by atoms with Gasteiger partial charge in [0.2, 0.25) is 0 Å². The Morgan fingerprint density at radius 1 is 1.50 bits per heavy atom. The Bertz CT molecular complexity index is 444. The molecule has 6 heteroatoms. The van der Waals surface area contributed by atoms with Crippen molar-refractivity contribution < 1.29 is 19.6 Å². The molecule has 0 aromatic heterocycles. The highest BCUT2D eigenvalue weighted by molar-refractivity contribution is 5.66. The summed E-state index contributed by atoms with van der Waals surface area (Å²) in [6.45, 7) is 2.11. The fourth-order valence-corrected chi connectivity index (χ4v) is 1.58. The minimum absolute atomic E-state index is 0.0566. The molecule has 1 aromatic rings. The summed E-state index contributed by atoms with van der Waals surface area (Å²) in [6.07, 6.45) is 1.01. The zero-order chi connectivity index (χ0) is 13.5. The lowest BCUT2D eigenvalue weighted by atomic mass is 10.1. The highest BCUT2D eigenvalue weighted by Gasteiger charge is 2.15. The van der Waals surface area contributed by atoms with E-state index in [0.717, 1.165) is 5.56 Å². The number of carboxylic acid groups (broad SMARTS) is 1. The Balaban J connectivity index is 2.79. The van der Waals surface area contributed by atoms with E-state index in [1.54, 1.807) is 19.1 Å². The molecule has 0 spiro atoms. The molecule has 1 N–H and O–H groups in total. The number of nitrogens with zero attached hydrogens (tertiary/aromatic N) is 1. The van der Waals surface area contributed by atoms with Gasteiger partial charge < -0.3 is 9.84 Å². The summed E-state index contributed by atoms with van der Waals surface area (Å²) < 4.78 is 5.16. The summed E-state index contributed by atoms with van der Waals surface area (Å²) in [5.74, 6) is -0.625. The number of carbonyl (C=O) groups is 1. The quantitative estimate of drug-likeness (QED) is 0.595. The van der Waals surface area contributed by atoms with Crippen LogP contribution in [0.3, 0.4) is 0 Å². The lowest BCUT2D eigenvalue weighted by Crippen LogP contribution is -2.00. The Morgan fingerprint density at radius 2 is 2.22 bits per heavy atom. The minimum Gasteiger partial charge on any atom is -0.487 e. The maximum atomic E-state index is 10.9. The Kier molecular flexibility index (Phi) is 5.10. The number of carboxylic acids is 1. The van der Waals surface area contributed by atoms with Gasteiger partial charge in [0.25, 0.3) is 0 Å². The van der Waals surface area contributed by atoms with Crippen LogP contribution >= 0.6 is 0 Å². The van der Waals surface area contributed by atoms with Crippen molar-refractivity contribution >= 4 is 11.7 Å². The van der Waals surface area contributed by atoms with Gasteiger partial charge in [0.15, 0.2) is 5.75 Å². The highest BCUT2D eigenvalue weighted by Crippen LogP contribution is 2.28. The van der Waals surface area contributed by atoms with Gasteiger partial charge in [-0.1, -0.05) is 6.07 Å². The molecule has 1 aromatic carbocycles. The van der Waals surface area contributed by atoms with Crippen LogP contribution in [0.1, 0.15) is 25.3 Å². The van der Waals surface area contributed by atoms with Crippen LogP contribution in [0.25, 0.3) is 0 Å². The number of nitro benzene ring substituents is 1. The smallest absolute Gasteiger partial charge is 0.311 e. The van der Waals surface area contributed by atoms with Gasteiger partial charge >= 0.3 is 11.7 Å². The van der Waals surface area contributed by atoms with Crippen molar-refractivity contribution in [1.82, 2.24) is 0 Å². The van der Waals surface area contributed by atoms with Gasteiger partial charge in [-0.3, -0.25) is 14.9 Å². The van der Waals surface area contributed by atoms with E-state index < -0.39 is 10.9 Å². The average molecular weight is 253 g/mol. The first-order valence-corrected chi connectivity index (χ1v) is 5.66. The monoisotopic (exact) mass is 253 g/mol. The summed E-state index contributed by atoms with van der Waals surface area (Å²) in [5, 5.41) is 19.4. The number of hydrogen-bond donors (Lipinski definition) is 1. The highest BCUT2D eigenvalue weighted by atomic mass is 16.6. The molecule has 98 valence electrons. The number of ether oxygens (including phenoxy) is 1. The SMILES string of the molecule is CCOc1ccc(CCCC(=O)O)cc1[N+](=O)[O-]. The minimum atomic E-state index is -0.865. The number of rotatable bonds is 7. The van der Waals surface area contributed by atoms with Crippen molar-refractivity contribution in [2.24, 2.45) is 0 Å². The predicted molar refractivity (Wildman–Crippen MR) is 64.8 cm³/mol. The van der Waals surface area contributed by atoms with Crippen LogP contribution in [-0.4, -0.2) is 22.6 Å². The van der Waals surface area contributed by atoms with Crippen LogP contribution in [0.15, 0.2) is 18.2 Å². The van der Waals surface area contributed by atoms with Crippen molar-refractivity contribution in [3.8, 4) is 5.75 Å². The van der Waals surface area contributed by atoms with Gasteiger partial charge in [-0.15, -0.1) is 0 Å². The normalized spacial score (nSPS) is 10.1. The summed E-state index contributed by atoms with van der Waals surface area (Å²) in [5.41, 5.74) is 0.663. The van der Waals surface area contributed by atoms with Gasteiger partial charge in [-0.05, 0) is 31.4 Å². The number of aliphatic carboxylic acids is 1. The molecule has 0 aliphatic rings. The summed E-state index contributed by atoms with van der Waals surface area (Å²) in [6, 6.07) is 4.71. The van der Waals surface area contributed by atoms with E-state index in [9.17, 15) is 14.9 Å². The molecule has 0 saturated heterocycles. The van der Waals surface area contributed by atoms with E-state index in [4.69, 9.17) is 9.84 Å². The molecule has 1 rings (SSSR count). The number of benzene rings is 1. The standard InChI is InChI=1S/C12H15NO5/c1-2-18-11-7-6-9(4-3-5-12(14)15)8-10(11)13(16)17/h6-8H,2-5H2,1H3,(H,14,15). The van der Waals surface area contributed by atoms with Crippen LogP contribution < -0.4 is 4.74 Å². The van der Waals surface area contributed by atoms with Crippen molar-refractivity contribution in [3.63, 3.8) is 0 Å². The zero-order valence-corrected chi connectivity index (χ0v) is 10.1. The van der Waals surface area contributed by atoms with Crippen molar-refractivity contribution in [1.29, 1.82) is 0 Å². The molecule has 0 aliphatic carbocycles. The third-order valence-electron chi connectivity index (χ3n) is 2.38. The van der Waals surface area contributed by atoms with E-state index in [1.807, 2.05) is 0 Å². The Labute approximate surface area is 104 Å². The maximum absolute atomic E-state index is 10.9. The lowest BCUT2D eigenvalue weighted by molar-refractivity contribution is -0.385. The van der Waals surface area contributed by atoms with E-state index in [0.29, 0.717) is 19.4 Å². The lowest BCUT2D eigenvalue weighted by Gasteiger charge is -2.06. The van der Waals surface area contributed by atoms with Gasteiger partial charge in [0.1, 0.15) is 0 Å². The third-order valence-corrected chi connectivity index (χ3v) is 2.38. The summed E-state index contributed by atoms with van der Waals surface area (Å²) in [4.78, 5) is 20.7.